The molecule has 2 rings (SSSR count). The third-order valence-corrected chi connectivity index (χ3v) is 4.08. The molecule has 2 fully saturated rings. The maximum Gasteiger partial charge on any atom is 0.242 e. The molecule has 0 bridgehead atoms. The van der Waals surface area contributed by atoms with Crippen molar-refractivity contribution in [1.29, 1.82) is 0 Å². The van der Waals surface area contributed by atoms with Crippen LogP contribution in [-0.2, 0) is 14.3 Å². The summed E-state index contributed by atoms with van der Waals surface area (Å²) >= 11 is 0. The molecule has 0 radical (unpaired) electrons. The lowest BCUT2D eigenvalue weighted by Gasteiger charge is -2.38. The van der Waals surface area contributed by atoms with Crippen LogP contribution in [0.5, 0.6) is 0 Å². The van der Waals surface area contributed by atoms with Gasteiger partial charge in [-0.05, 0) is 20.8 Å². The molecule has 9 heteroatoms. The molecule has 0 aromatic heterocycles. The molecule has 24 heavy (non-hydrogen) atoms. The summed E-state index contributed by atoms with van der Waals surface area (Å²) in [6, 6.07) is -0.0845. The number of hydrogen-bond donors (Lipinski definition) is 2. The van der Waals surface area contributed by atoms with E-state index < -0.39 is 0 Å². The van der Waals surface area contributed by atoms with Crippen molar-refractivity contribution in [2.75, 3.05) is 45.9 Å². The summed E-state index contributed by atoms with van der Waals surface area (Å²) in [6.07, 6.45) is -0.0869. The molecule has 0 aliphatic carbocycles. The highest BCUT2D eigenvalue weighted by Gasteiger charge is 2.33. The topological polar surface area (TPSA) is 73.9 Å². The van der Waals surface area contributed by atoms with Crippen molar-refractivity contribution in [2.45, 2.75) is 39.0 Å². The summed E-state index contributed by atoms with van der Waals surface area (Å²) in [5, 5.41) is 6.13. The van der Waals surface area contributed by atoms with Gasteiger partial charge in [0, 0.05) is 38.8 Å². The minimum atomic E-state index is -0.246. The van der Waals surface area contributed by atoms with E-state index in [2.05, 4.69) is 15.5 Å². The van der Waals surface area contributed by atoms with Crippen LogP contribution >= 0.6 is 24.8 Å². The second kappa shape index (κ2) is 11.1. The average molecular weight is 385 g/mol. The molecule has 2 saturated heterocycles. The van der Waals surface area contributed by atoms with Crippen molar-refractivity contribution in [3.05, 3.63) is 0 Å². The maximum absolute atomic E-state index is 12.5. The van der Waals surface area contributed by atoms with Gasteiger partial charge in [0.05, 0.1) is 19.3 Å². The molecule has 2 aliphatic rings. The number of hydrogen-bond acceptors (Lipinski definition) is 5. The summed E-state index contributed by atoms with van der Waals surface area (Å²) < 4.78 is 5.54. The summed E-state index contributed by atoms with van der Waals surface area (Å²) in [5.74, 6) is 0.157. The normalized spacial score (nSPS) is 24.8. The first kappa shape index (κ1) is 23.4. The number of piperazine rings is 1. The van der Waals surface area contributed by atoms with E-state index in [1.165, 1.54) is 0 Å². The maximum atomic E-state index is 12.5. The molecule has 2 N–H and O–H groups in total. The largest absolute Gasteiger partial charge is 0.375 e. The van der Waals surface area contributed by atoms with Crippen LogP contribution in [0.2, 0.25) is 0 Å². The SMILES string of the molecule is CC(C)NC(=O)CN1CCN(C(=O)[C@H]2NCCO[C@@H]2C)CC1.Cl.Cl. The van der Waals surface area contributed by atoms with Crippen molar-refractivity contribution in [1.82, 2.24) is 20.4 Å². The Morgan fingerprint density at radius 2 is 1.83 bits per heavy atom. The second-order valence-corrected chi connectivity index (χ2v) is 6.33. The zero-order valence-corrected chi connectivity index (χ0v) is 16.3. The monoisotopic (exact) mass is 384 g/mol. The minimum Gasteiger partial charge on any atom is -0.375 e. The number of ether oxygens (including phenoxy) is 1. The zero-order valence-electron chi connectivity index (χ0n) is 14.6. The zero-order chi connectivity index (χ0) is 16.1. The van der Waals surface area contributed by atoms with Gasteiger partial charge < -0.3 is 20.3 Å². The van der Waals surface area contributed by atoms with Crippen LogP contribution in [0.4, 0.5) is 0 Å². The van der Waals surface area contributed by atoms with E-state index in [4.69, 9.17) is 4.74 Å². The molecule has 0 spiro atoms. The number of carbonyl (C=O) groups is 2. The van der Waals surface area contributed by atoms with E-state index in [9.17, 15) is 9.59 Å². The van der Waals surface area contributed by atoms with Gasteiger partial charge in [-0.15, -0.1) is 24.8 Å². The molecule has 0 aromatic carbocycles. The second-order valence-electron chi connectivity index (χ2n) is 6.33. The van der Waals surface area contributed by atoms with Gasteiger partial charge in [0.15, 0.2) is 0 Å². The molecule has 2 aliphatic heterocycles. The standard InChI is InChI=1S/C15H28N4O3.2ClH/c1-11(2)17-13(20)10-18-5-7-19(8-6-18)15(21)14-12(3)22-9-4-16-14;;/h11-12,14,16H,4-10H2,1-3H3,(H,17,20);2*1H/t12-,14+;;/m1../s1. The fraction of sp³-hybridized carbons (Fsp3) is 0.867. The summed E-state index contributed by atoms with van der Waals surface area (Å²) in [7, 11) is 0. The quantitative estimate of drug-likeness (QED) is 0.706. The molecule has 2 heterocycles. The van der Waals surface area contributed by atoms with E-state index in [0.717, 1.165) is 19.6 Å². The smallest absolute Gasteiger partial charge is 0.242 e. The van der Waals surface area contributed by atoms with Crippen LogP contribution in [0.3, 0.4) is 0 Å². The van der Waals surface area contributed by atoms with Crippen LogP contribution < -0.4 is 10.6 Å². The van der Waals surface area contributed by atoms with Crippen molar-refractivity contribution in [3.63, 3.8) is 0 Å². The van der Waals surface area contributed by atoms with Crippen molar-refractivity contribution < 1.29 is 14.3 Å². The van der Waals surface area contributed by atoms with Gasteiger partial charge in [0.1, 0.15) is 6.04 Å². The summed E-state index contributed by atoms with van der Waals surface area (Å²) in [6.45, 7) is 10.4. The highest BCUT2D eigenvalue weighted by molar-refractivity contribution is 5.85. The third kappa shape index (κ3) is 6.72. The number of halogens is 2. The number of carbonyl (C=O) groups excluding carboxylic acids is 2. The van der Waals surface area contributed by atoms with E-state index in [1.54, 1.807) is 0 Å². The van der Waals surface area contributed by atoms with E-state index in [0.29, 0.717) is 26.2 Å². The Bertz CT molecular complexity index is 404. The molecular formula is C15H30Cl2N4O3. The molecule has 2 atom stereocenters. The van der Waals surface area contributed by atoms with Gasteiger partial charge in [-0.25, -0.2) is 0 Å². The molecule has 0 unspecified atom stereocenters. The Morgan fingerprint density at radius 1 is 1.21 bits per heavy atom. The van der Waals surface area contributed by atoms with Crippen LogP contribution in [-0.4, -0.2) is 85.7 Å². The fourth-order valence-corrected chi connectivity index (χ4v) is 2.90. The van der Waals surface area contributed by atoms with Crippen molar-refractivity contribution in [3.8, 4) is 0 Å². The van der Waals surface area contributed by atoms with Crippen LogP contribution in [0, 0.1) is 0 Å². The third-order valence-electron chi connectivity index (χ3n) is 4.08. The minimum absolute atomic E-state index is 0. The Balaban J connectivity index is 0.00000264. The van der Waals surface area contributed by atoms with E-state index in [-0.39, 0.29) is 54.8 Å². The predicted molar refractivity (Wildman–Crippen MR) is 98.0 cm³/mol. The average Bonchev–Trinajstić information content (AvgIpc) is 2.47. The lowest BCUT2D eigenvalue weighted by atomic mass is 10.1. The molecule has 142 valence electrons. The molecule has 0 aromatic rings. The summed E-state index contributed by atoms with van der Waals surface area (Å²) in [5.41, 5.74) is 0. The summed E-state index contributed by atoms with van der Waals surface area (Å²) in [4.78, 5) is 28.3. The Labute approximate surface area is 156 Å². The number of morpholine rings is 1. The first-order chi connectivity index (χ1) is 10.5. The van der Waals surface area contributed by atoms with Crippen molar-refractivity contribution >= 4 is 36.6 Å². The number of nitrogens with one attached hydrogen (secondary N) is 2. The predicted octanol–water partition coefficient (Wildman–Crippen LogP) is -0.124. The van der Waals surface area contributed by atoms with Crippen molar-refractivity contribution in [2.24, 2.45) is 0 Å². The first-order valence-electron chi connectivity index (χ1n) is 8.13. The first-order valence-corrected chi connectivity index (χ1v) is 8.13. The number of rotatable bonds is 4. The van der Waals surface area contributed by atoms with Crippen LogP contribution in [0.15, 0.2) is 0 Å². The van der Waals surface area contributed by atoms with Gasteiger partial charge in [0.2, 0.25) is 11.8 Å². The van der Waals surface area contributed by atoms with E-state index in [1.807, 2.05) is 25.7 Å². The van der Waals surface area contributed by atoms with Gasteiger partial charge in [-0.2, -0.15) is 0 Å². The van der Waals surface area contributed by atoms with Gasteiger partial charge in [0.25, 0.3) is 0 Å². The highest BCUT2D eigenvalue weighted by Crippen LogP contribution is 2.10. The fourth-order valence-electron chi connectivity index (χ4n) is 2.90. The Kier molecular flexibility index (Phi) is 10.8. The van der Waals surface area contributed by atoms with Gasteiger partial charge >= 0.3 is 0 Å². The van der Waals surface area contributed by atoms with E-state index >= 15 is 0 Å². The molecule has 7 nitrogen and oxygen atoms in total. The van der Waals surface area contributed by atoms with Gasteiger partial charge in [-0.1, -0.05) is 0 Å². The Hall–Kier alpha value is -0.600. The molecule has 2 amide bonds. The highest BCUT2D eigenvalue weighted by atomic mass is 35.5. The van der Waals surface area contributed by atoms with Crippen LogP contribution in [0.25, 0.3) is 0 Å². The van der Waals surface area contributed by atoms with Gasteiger partial charge in [-0.3, -0.25) is 14.5 Å². The Morgan fingerprint density at radius 3 is 2.38 bits per heavy atom. The lowest BCUT2D eigenvalue weighted by Crippen LogP contribution is -2.60. The van der Waals surface area contributed by atoms with Crippen LogP contribution in [0.1, 0.15) is 20.8 Å². The number of nitrogens with zero attached hydrogens (tertiary/aromatic N) is 2. The molecular weight excluding hydrogens is 355 g/mol. The number of amides is 2. The molecule has 0 saturated carbocycles. The lowest BCUT2D eigenvalue weighted by molar-refractivity contribution is -0.141.